The number of carbonyl (C=O) groups is 1. The van der Waals surface area contributed by atoms with Gasteiger partial charge < -0.3 is 0 Å². The highest BCUT2D eigenvalue weighted by Crippen LogP contribution is 2.28. The van der Waals surface area contributed by atoms with Crippen LogP contribution in [-0.4, -0.2) is 24.3 Å². The summed E-state index contributed by atoms with van der Waals surface area (Å²) < 4.78 is 0. The van der Waals surface area contributed by atoms with Crippen molar-refractivity contribution in [3.05, 3.63) is 41.5 Å². The first kappa shape index (κ1) is 11.7. The van der Waals surface area contributed by atoms with Gasteiger partial charge in [0.15, 0.2) is 0 Å². The van der Waals surface area contributed by atoms with E-state index in [-0.39, 0.29) is 11.7 Å². The molecule has 18 heavy (non-hydrogen) atoms. The van der Waals surface area contributed by atoms with E-state index in [1.165, 1.54) is 10.5 Å². The molecular formula is C15H15NOS. The number of ketones is 1. The zero-order chi connectivity index (χ0) is 12.5. The van der Waals surface area contributed by atoms with Crippen LogP contribution in [0.4, 0.5) is 0 Å². The van der Waals surface area contributed by atoms with Crippen molar-refractivity contribution in [2.75, 3.05) is 12.8 Å². The van der Waals surface area contributed by atoms with Crippen LogP contribution in [0.15, 0.2) is 40.2 Å². The van der Waals surface area contributed by atoms with Crippen molar-refractivity contribution in [1.82, 2.24) is 0 Å². The molecule has 2 aliphatic rings. The average molecular weight is 257 g/mol. The van der Waals surface area contributed by atoms with Crippen LogP contribution >= 0.6 is 11.8 Å². The Balaban J connectivity index is 2.06. The maximum absolute atomic E-state index is 12.5. The second-order valence-electron chi connectivity index (χ2n) is 4.65. The molecule has 1 aliphatic heterocycles. The third-order valence-corrected chi connectivity index (χ3v) is 4.33. The first-order chi connectivity index (χ1) is 8.79. The lowest BCUT2D eigenvalue weighted by Crippen LogP contribution is -2.23. The van der Waals surface area contributed by atoms with Gasteiger partial charge in [-0.1, -0.05) is 12.2 Å². The topological polar surface area (TPSA) is 29.4 Å². The van der Waals surface area contributed by atoms with Crippen molar-refractivity contribution in [3.63, 3.8) is 0 Å². The summed E-state index contributed by atoms with van der Waals surface area (Å²) in [6.07, 6.45) is 8.22. The van der Waals surface area contributed by atoms with E-state index in [9.17, 15) is 4.79 Å². The molecule has 1 heterocycles. The molecule has 0 amide bonds. The third-order valence-electron chi connectivity index (χ3n) is 3.60. The maximum Gasteiger partial charge on any atom is 0.207 e. The molecule has 0 saturated heterocycles. The average Bonchev–Trinajstić information content (AvgIpc) is 2.57. The first-order valence-corrected chi connectivity index (χ1v) is 7.44. The Bertz CT molecular complexity index is 560. The molecule has 0 bridgehead atoms. The Morgan fingerprint density at radius 3 is 3.11 bits per heavy atom. The predicted molar refractivity (Wildman–Crippen MR) is 75.8 cm³/mol. The lowest BCUT2D eigenvalue weighted by atomic mass is 9.94. The number of allylic oxidation sites excluding steroid dienone is 1. The van der Waals surface area contributed by atoms with E-state index in [0.717, 1.165) is 24.1 Å². The van der Waals surface area contributed by atoms with E-state index in [4.69, 9.17) is 0 Å². The summed E-state index contributed by atoms with van der Waals surface area (Å²) in [5, 5.41) is 0. The molecule has 1 aliphatic carbocycles. The molecule has 0 N–H and O–H groups in total. The van der Waals surface area contributed by atoms with Gasteiger partial charge in [-0.2, -0.15) is 0 Å². The number of rotatable bonds is 1. The minimum Gasteiger partial charge on any atom is -0.287 e. The summed E-state index contributed by atoms with van der Waals surface area (Å²) in [7, 11) is 0. The smallest absolute Gasteiger partial charge is 0.207 e. The van der Waals surface area contributed by atoms with Crippen LogP contribution in [0.1, 0.15) is 22.3 Å². The number of aryl methyl sites for hydroxylation is 1. The predicted octanol–water partition coefficient (Wildman–Crippen LogP) is 3.16. The fourth-order valence-corrected chi connectivity index (χ4v) is 3.10. The molecule has 1 aromatic carbocycles. The summed E-state index contributed by atoms with van der Waals surface area (Å²) in [5.41, 5.74) is 2.79. The number of Topliss-reactive ketones (excluding diaryl/α,β-unsaturated/α-hetero) is 1. The van der Waals surface area contributed by atoms with E-state index in [0.29, 0.717) is 6.54 Å². The van der Waals surface area contributed by atoms with Crippen LogP contribution in [0, 0.1) is 5.92 Å². The van der Waals surface area contributed by atoms with Crippen LogP contribution < -0.4 is 0 Å². The minimum absolute atomic E-state index is 0.129. The summed E-state index contributed by atoms with van der Waals surface area (Å²) in [4.78, 5) is 18.1. The lowest BCUT2D eigenvalue weighted by Gasteiger charge is -2.14. The second kappa shape index (κ2) is 4.73. The van der Waals surface area contributed by atoms with E-state index in [1.54, 1.807) is 11.8 Å². The highest BCUT2D eigenvalue weighted by Gasteiger charge is 2.28. The van der Waals surface area contributed by atoms with Gasteiger partial charge >= 0.3 is 0 Å². The second-order valence-corrected chi connectivity index (χ2v) is 5.53. The molecule has 0 aromatic heterocycles. The minimum atomic E-state index is 0.129. The molecule has 1 unspecified atom stereocenters. The molecule has 0 radical (unpaired) electrons. The molecule has 3 rings (SSSR count). The number of hydrogen-bond donors (Lipinski definition) is 0. The zero-order valence-corrected chi connectivity index (χ0v) is 11.2. The summed E-state index contributed by atoms with van der Waals surface area (Å²) in [5.74, 6) is 0.348. The maximum atomic E-state index is 12.5. The van der Waals surface area contributed by atoms with E-state index < -0.39 is 0 Å². The van der Waals surface area contributed by atoms with E-state index >= 15 is 0 Å². The Labute approximate surface area is 111 Å². The SMILES string of the molecule is CSc1ccc2c(c1)CCC1C=CCN=C1C2=O. The molecule has 0 saturated carbocycles. The van der Waals surface area contributed by atoms with Gasteiger partial charge in [0.1, 0.15) is 0 Å². The number of fused-ring (bicyclic) bond motifs is 2. The van der Waals surface area contributed by atoms with Crippen molar-refractivity contribution >= 4 is 23.3 Å². The first-order valence-electron chi connectivity index (χ1n) is 6.22. The largest absolute Gasteiger partial charge is 0.287 e. The molecule has 92 valence electrons. The van der Waals surface area contributed by atoms with Gasteiger partial charge in [0.25, 0.3) is 0 Å². The molecule has 1 atom stereocenters. The van der Waals surface area contributed by atoms with Crippen LogP contribution in [-0.2, 0) is 6.42 Å². The number of dihydropyridines is 1. The summed E-state index contributed by atoms with van der Waals surface area (Å²) in [6.45, 7) is 0.649. The van der Waals surface area contributed by atoms with Crippen molar-refractivity contribution in [2.24, 2.45) is 10.9 Å². The Kier molecular flexibility index (Phi) is 3.08. The van der Waals surface area contributed by atoms with Gasteiger partial charge in [-0.25, -0.2) is 0 Å². The molecule has 1 aromatic rings. The highest BCUT2D eigenvalue weighted by atomic mass is 32.2. The lowest BCUT2D eigenvalue weighted by molar-refractivity contribution is 0.106. The fourth-order valence-electron chi connectivity index (χ4n) is 2.63. The van der Waals surface area contributed by atoms with Crippen molar-refractivity contribution in [3.8, 4) is 0 Å². The van der Waals surface area contributed by atoms with Crippen LogP contribution in [0.5, 0.6) is 0 Å². The number of aliphatic imine (C=N–C) groups is 1. The van der Waals surface area contributed by atoms with E-state index in [1.807, 2.05) is 12.1 Å². The van der Waals surface area contributed by atoms with E-state index in [2.05, 4.69) is 29.5 Å². The van der Waals surface area contributed by atoms with Gasteiger partial charge in [-0.3, -0.25) is 9.79 Å². The van der Waals surface area contributed by atoms with Crippen molar-refractivity contribution < 1.29 is 4.79 Å². The fraction of sp³-hybridized carbons (Fsp3) is 0.333. The summed E-state index contributed by atoms with van der Waals surface area (Å²) in [6, 6.07) is 6.15. The standard InChI is InChI=1S/C15H15NOS/c1-18-12-6-7-13-11(9-12)5-4-10-3-2-8-16-14(10)15(13)17/h2-3,6-7,9-10H,4-5,8H2,1H3. The Hall–Kier alpha value is -1.35. The van der Waals surface area contributed by atoms with Crippen LogP contribution in [0.3, 0.4) is 0 Å². The molecule has 2 nitrogen and oxygen atoms in total. The molecule has 3 heteroatoms. The van der Waals surface area contributed by atoms with Gasteiger partial charge in [0.05, 0.1) is 12.3 Å². The summed E-state index contributed by atoms with van der Waals surface area (Å²) >= 11 is 1.72. The van der Waals surface area contributed by atoms with Gasteiger partial charge in [0, 0.05) is 16.4 Å². The zero-order valence-electron chi connectivity index (χ0n) is 10.3. The van der Waals surface area contributed by atoms with Crippen LogP contribution in [0.2, 0.25) is 0 Å². The third kappa shape index (κ3) is 1.93. The molecule has 0 spiro atoms. The highest BCUT2D eigenvalue weighted by molar-refractivity contribution is 7.98. The molecular weight excluding hydrogens is 242 g/mol. The van der Waals surface area contributed by atoms with Gasteiger partial charge in [-0.15, -0.1) is 11.8 Å². The monoisotopic (exact) mass is 257 g/mol. The molecule has 0 fully saturated rings. The number of thioether (sulfide) groups is 1. The van der Waals surface area contributed by atoms with Crippen LogP contribution in [0.25, 0.3) is 0 Å². The normalized spacial score (nSPS) is 21.9. The quantitative estimate of drug-likeness (QED) is 0.571. The Morgan fingerprint density at radius 1 is 1.39 bits per heavy atom. The number of benzene rings is 1. The van der Waals surface area contributed by atoms with Crippen molar-refractivity contribution in [1.29, 1.82) is 0 Å². The Morgan fingerprint density at radius 2 is 2.28 bits per heavy atom. The number of carbonyl (C=O) groups excluding carboxylic acids is 1. The number of nitrogens with zero attached hydrogens (tertiary/aromatic N) is 1. The van der Waals surface area contributed by atoms with Gasteiger partial charge in [0.2, 0.25) is 5.78 Å². The van der Waals surface area contributed by atoms with Gasteiger partial charge in [-0.05, 0) is 42.9 Å². The number of hydrogen-bond acceptors (Lipinski definition) is 3. The van der Waals surface area contributed by atoms with Crippen molar-refractivity contribution in [2.45, 2.75) is 17.7 Å².